The van der Waals surface area contributed by atoms with Crippen molar-refractivity contribution in [1.29, 1.82) is 0 Å². The zero-order valence-corrected chi connectivity index (χ0v) is 21.6. The van der Waals surface area contributed by atoms with Gasteiger partial charge in [0.1, 0.15) is 15.8 Å². The summed E-state index contributed by atoms with van der Waals surface area (Å²) in [6.07, 6.45) is 3.94. The van der Waals surface area contributed by atoms with Gasteiger partial charge in [0.05, 0.1) is 24.3 Å². The molecule has 0 saturated carbocycles. The minimum Gasteiger partial charge on any atom is -0.493 e. The topological polar surface area (TPSA) is 128 Å². The molecule has 0 spiro atoms. The van der Waals surface area contributed by atoms with Gasteiger partial charge in [-0.2, -0.15) is 13.2 Å². The number of nitrogens with zero attached hydrogens (tertiary/aromatic N) is 2. The Hall–Kier alpha value is -1.56. The number of aromatic nitrogens is 2. The SMILES string of the molecule is CCCCCCCCCCOc1ccc(-c2nnc([C@@](C)(N)COP(=O)(O)O)s2)cc1C(F)(F)F. The highest BCUT2D eigenvalue weighted by atomic mass is 32.1. The zero-order valence-electron chi connectivity index (χ0n) is 19.9. The van der Waals surface area contributed by atoms with Gasteiger partial charge < -0.3 is 20.3 Å². The van der Waals surface area contributed by atoms with E-state index in [1.165, 1.54) is 44.7 Å². The van der Waals surface area contributed by atoms with E-state index >= 15 is 0 Å². The number of benzene rings is 1. The van der Waals surface area contributed by atoms with Crippen LogP contribution in [0, 0.1) is 0 Å². The molecule has 1 aromatic carbocycles. The third-order valence-electron chi connectivity index (χ3n) is 5.23. The zero-order chi connectivity index (χ0) is 26.1. The maximum Gasteiger partial charge on any atom is 0.469 e. The maximum atomic E-state index is 13.7. The summed E-state index contributed by atoms with van der Waals surface area (Å²) in [5.41, 5.74) is 3.88. The molecule has 0 aliphatic heterocycles. The third kappa shape index (κ3) is 10.1. The molecule has 0 unspecified atom stereocenters. The monoisotopic (exact) mass is 539 g/mol. The quantitative estimate of drug-likeness (QED) is 0.185. The van der Waals surface area contributed by atoms with Crippen LogP contribution in [0.3, 0.4) is 0 Å². The lowest BCUT2D eigenvalue weighted by molar-refractivity contribution is -0.138. The van der Waals surface area contributed by atoms with Crippen LogP contribution < -0.4 is 10.5 Å². The number of unbranched alkanes of at least 4 members (excludes halogenated alkanes) is 7. The second kappa shape index (κ2) is 13.1. The number of phosphoric acid groups is 1. The van der Waals surface area contributed by atoms with Gasteiger partial charge in [0, 0.05) is 5.56 Å². The average Bonchev–Trinajstić information content (AvgIpc) is 3.27. The summed E-state index contributed by atoms with van der Waals surface area (Å²) in [5.74, 6) is -0.243. The van der Waals surface area contributed by atoms with Crippen LogP contribution in [0.2, 0.25) is 0 Å². The molecular weight excluding hydrogens is 506 g/mol. The first-order valence-corrected chi connectivity index (χ1v) is 13.9. The Morgan fingerprint density at radius 3 is 2.29 bits per heavy atom. The summed E-state index contributed by atoms with van der Waals surface area (Å²) in [7, 11) is -4.75. The van der Waals surface area contributed by atoms with Gasteiger partial charge in [0.25, 0.3) is 0 Å². The van der Waals surface area contributed by atoms with Crippen LogP contribution in [-0.4, -0.2) is 33.2 Å². The fourth-order valence-corrected chi connectivity index (χ4v) is 4.60. The van der Waals surface area contributed by atoms with E-state index in [-0.39, 0.29) is 27.9 Å². The van der Waals surface area contributed by atoms with Gasteiger partial charge in [0.2, 0.25) is 0 Å². The summed E-state index contributed by atoms with van der Waals surface area (Å²) in [6, 6.07) is 3.68. The molecule has 198 valence electrons. The molecule has 0 aliphatic carbocycles. The smallest absolute Gasteiger partial charge is 0.469 e. The van der Waals surface area contributed by atoms with Crippen molar-refractivity contribution in [3.63, 3.8) is 0 Å². The highest BCUT2D eigenvalue weighted by Crippen LogP contribution is 2.41. The van der Waals surface area contributed by atoms with E-state index in [0.29, 0.717) is 6.42 Å². The van der Waals surface area contributed by atoms with E-state index < -0.39 is 31.7 Å². The molecule has 0 bridgehead atoms. The Balaban J connectivity index is 2.03. The fourth-order valence-electron chi connectivity index (χ4n) is 3.28. The van der Waals surface area contributed by atoms with Gasteiger partial charge in [-0.25, -0.2) is 4.57 Å². The second-order valence-electron chi connectivity index (χ2n) is 8.63. The molecule has 13 heteroatoms. The van der Waals surface area contributed by atoms with Crippen LogP contribution in [0.1, 0.15) is 75.8 Å². The predicted octanol–water partition coefficient (Wildman–Crippen LogP) is 6.03. The second-order valence-corrected chi connectivity index (χ2v) is 10.8. The van der Waals surface area contributed by atoms with Crippen LogP contribution in [0.4, 0.5) is 13.2 Å². The number of nitrogens with two attached hydrogens (primary N) is 1. The molecule has 35 heavy (non-hydrogen) atoms. The van der Waals surface area contributed by atoms with Crippen molar-refractivity contribution in [2.75, 3.05) is 13.2 Å². The standard InChI is InChI=1S/C22H33F3N3O5PS/c1-3-4-5-6-7-8-9-10-13-32-18-12-11-16(14-17(18)22(23,24)25)19-27-28-20(35-19)21(2,26)15-33-34(29,30)31/h11-12,14H,3-10,13,15,26H2,1-2H3,(H2,29,30,31)/t21-/m0/s1. The molecule has 0 saturated heterocycles. The lowest BCUT2D eigenvalue weighted by Gasteiger charge is -2.21. The summed E-state index contributed by atoms with van der Waals surface area (Å²) >= 11 is 0.914. The Bertz CT molecular complexity index is 981. The molecule has 1 aromatic heterocycles. The minimum atomic E-state index is -4.75. The summed E-state index contributed by atoms with van der Waals surface area (Å²) < 4.78 is 62.0. The molecular formula is C22H33F3N3O5PS. The van der Waals surface area contributed by atoms with Crippen molar-refractivity contribution in [3.8, 4) is 16.3 Å². The van der Waals surface area contributed by atoms with E-state index in [1.54, 1.807) is 0 Å². The number of alkyl halides is 3. The van der Waals surface area contributed by atoms with Crippen LogP contribution in [0.25, 0.3) is 10.6 Å². The van der Waals surface area contributed by atoms with E-state index in [2.05, 4.69) is 21.6 Å². The Morgan fingerprint density at radius 1 is 1.06 bits per heavy atom. The van der Waals surface area contributed by atoms with Gasteiger partial charge in [-0.15, -0.1) is 10.2 Å². The molecule has 0 radical (unpaired) electrons. The number of hydrogen-bond donors (Lipinski definition) is 3. The number of hydrogen-bond acceptors (Lipinski definition) is 7. The van der Waals surface area contributed by atoms with Gasteiger partial charge in [-0.3, -0.25) is 4.52 Å². The van der Waals surface area contributed by atoms with Crippen molar-refractivity contribution < 1.29 is 36.8 Å². The Morgan fingerprint density at radius 2 is 1.69 bits per heavy atom. The number of phosphoric ester groups is 1. The van der Waals surface area contributed by atoms with Crippen molar-refractivity contribution in [3.05, 3.63) is 28.8 Å². The summed E-state index contributed by atoms with van der Waals surface area (Å²) in [4.78, 5) is 17.7. The molecule has 2 rings (SSSR count). The molecule has 2 aromatic rings. The molecule has 1 heterocycles. The van der Waals surface area contributed by atoms with Crippen molar-refractivity contribution in [2.45, 2.75) is 76.9 Å². The maximum absolute atomic E-state index is 13.7. The highest BCUT2D eigenvalue weighted by Gasteiger charge is 2.35. The fraction of sp³-hybridized carbons (Fsp3) is 0.636. The van der Waals surface area contributed by atoms with Gasteiger partial charge in [-0.1, -0.05) is 63.2 Å². The first-order valence-electron chi connectivity index (χ1n) is 11.5. The highest BCUT2D eigenvalue weighted by molar-refractivity contribution is 7.46. The largest absolute Gasteiger partial charge is 0.493 e. The van der Waals surface area contributed by atoms with Gasteiger partial charge >= 0.3 is 14.0 Å². The first-order chi connectivity index (χ1) is 16.3. The van der Waals surface area contributed by atoms with Gasteiger partial charge in [0.15, 0.2) is 0 Å². The molecule has 4 N–H and O–H groups in total. The van der Waals surface area contributed by atoms with E-state index in [0.717, 1.165) is 36.7 Å². The van der Waals surface area contributed by atoms with E-state index in [4.69, 9.17) is 20.3 Å². The Labute approximate surface area is 207 Å². The van der Waals surface area contributed by atoms with Gasteiger partial charge in [-0.05, 0) is 31.5 Å². The van der Waals surface area contributed by atoms with Crippen LogP contribution >= 0.6 is 19.2 Å². The van der Waals surface area contributed by atoms with Crippen molar-refractivity contribution >= 4 is 19.2 Å². The normalized spacial score (nSPS) is 14.2. The van der Waals surface area contributed by atoms with Crippen LogP contribution in [0.5, 0.6) is 5.75 Å². The lowest BCUT2D eigenvalue weighted by Crippen LogP contribution is -2.37. The predicted molar refractivity (Wildman–Crippen MR) is 128 cm³/mol. The molecule has 0 amide bonds. The van der Waals surface area contributed by atoms with Crippen LogP contribution in [-0.2, 0) is 20.8 Å². The van der Waals surface area contributed by atoms with E-state index in [1.807, 2.05) is 0 Å². The minimum absolute atomic E-state index is 0.157. The van der Waals surface area contributed by atoms with Crippen LogP contribution in [0.15, 0.2) is 18.2 Å². The number of rotatable bonds is 15. The average molecular weight is 540 g/mol. The van der Waals surface area contributed by atoms with Crippen molar-refractivity contribution in [1.82, 2.24) is 10.2 Å². The Kier molecular flexibility index (Phi) is 11.1. The third-order valence-corrected chi connectivity index (χ3v) is 6.95. The van der Waals surface area contributed by atoms with E-state index in [9.17, 15) is 17.7 Å². The summed E-state index contributed by atoms with van der Waals surface area (Å²) in [6.45, 7) is 3.24. The molecule has 8 nitrogen and oxygen atoms in total. The molecule has 0 fully saturated rings. The number of halogens is 3. The number of ether oxygens (including phenoxy) is 1. The summed E-state index contributed by atoms with van der Waals surface area (Å²) in [5, 5.41) is 8.11. The lowest BCUT2D eigenvalue weighted by atomic mass is 10.1. The van der Waals surface area contributed by atoms with Crippen molar-refractivity contribution in [2.24, 2.45) is 5.73 Å². The molecule has 0 aliphatic rings. The molecule has 1 atom stereocenters. The first kappa shape index (κ1) is 29.7.